The van der Waals surface area contributed by atoms with Crippen molar-refractivity contribution in [1.82, 2.24) is 4.90 Å². The summed E-state index contributed by atoms with van der Waals surface area (Å²) < 4.78 is 1.22. The van der Waals surface area contributed by atoms with Crippen LogP contribution in [-0.2, 0) is 0 Å². The first-order valence-electron chi connectivity index (χ1n) is 8.25. The Morgan fingerprint density at radius 2 is 1.75 bits per heavy atom. The molecule has 122 valence electrons. The van der Waals surface area contributed by atoms with Crippen LogP contribution in [0.5, 0.6) is 0 Å². The van der Waals surface area contributed by atoms with Crippen LogP contribution in [0.2, 0.25) is 0 Å². The first-order valence-corrected chi connectivity index (χ1v) is 9.13. The van der Waals surface area contributed by atoms with E-state index in [1.165, 1.54) is 21.5 Å². The smallest absolute Gasteiger partial charge is 0.150 e. The Labute approximate surface area is 146 Å². The number of benzene rings is 2. The standard InChI is InChI=1S/C20H20N2OS/c1-21-8-10-22(11-9-21)17-5-3-16(4-6-17)19-14-24-20-7-2-15(13-23)12-18(19)20/h2-7,12-14H,8-11H2,1H3. The van der Waals surface area contributed by atoms with Crippen LogP contribution in [-0.4, -0.2) is 44.4 Å². The normalized spacial score (nSPS) is 15.8. The lowest BCUT2D eigenvalue weighted by molar-refractivity contribution is 0.112. The lowest BCUT2D eigenvalue weighted by atomic mass is 10.0. The van der Waals surface area contributed by atoms with Gasteiger partial charge in [-0.25, -0.2) is 0 Å². The number of hydrogen-bond donors (Lipinski definition) is 0. The number of nitrogens with zero attached hydrogens (tertiary/aromatic N) is 2. The van der Waals surface area contributed by atoms with E-state index in [1.807, 2.05) is 18.2 Å². The molecule has 2 heterocycles. The highest BCUT2D eigenvalue weighted by Gasteiger charge is 2.14. The molecule has 1 aromatic heterocycles. The van der Waals surface area contributed by atoms with Crippen molar-refractivity contribution in [2.75, 3.05) is 38.1 Å². The Morgan fingerprint density at radius 3 is 2.46 bits per heavy atom. The number of likely N-dealkylation sites (N-methyl/N-ethyl adjacent to an activating group) is 1. The molecule has 3 nitrogen and oxygen atoms in total. The van der Waals surface area contributed by atoms with Crippen LogP contribution in [0.4, 0.5) is 5.69 Å². The predicted molar refractivity (Wildman–Crippen MR) is 102 cm³/mol. The molecule has 0 bridgehead atoms. The topological polar surface area (TPSA) is 23.6 Å². The zero-order valence-electron chi connectivity index (χ0n) is 13.7. The van der Waals surface area contributed by atoms with Crippen molar-refractivity contribution < 1.29 is 4.79 Å². The molecule has 1 aliphatic rings. The Bertz CT molecular complexity index is 861. The molecule has 4 heteroatoms. The summed E-state index contributed by atoms with van der Waals surface area (Å²) >= 11 is 1.73. The number of thiophene rings is 1. The summed E-state index contributed by atoms with van der Waals surface area (Å²) in [4.78, 5) is 15.9. The molecule has 3 aromatic rings. The zero-order valence-corrected chi connectivity index (χ0v) is 14.6. The number of anilines is 1. The fourth-order valence-corrected chi connectivity index (χ4v) is 4.21. The highest BCUT2D eigenvalue weighted by Crippen LogP contribution is 2.35. The van der Waals surface area contributed by atoms with Gasteiger partial charge in [0.15, 0.2) is 0 Å². The Kier molecular flexibility index (Phi) is 4.08. The van der Waals surface area contributed by atoms with E-state index in [1.54, 1.807) is 11.3 Å². The fourth-order valence-electron chi connectivity index (χ4n) is 3.26. The SMILES string of the molecule is CN1CCN(c2ccc(-c3csc4ccc(C=O)cc34)cc2)CC1. The van der Waals surface area contributed by atoms with Gasteiger partial charge in [0.2, 0.25) is 0 Å². The van der Waals surface area contributed by atoms with E-state index < -0.39 is 0 Å². The summed E-state index contributed by atoms with van der Waals surface area (Å²) in [7, 11) is 2.18. The fraction of sp³-hybridized carbons (Fsp3) is 0.250. The molecule has 1 aliphatic heterocycles. The lowest BCUT2D eigenvalue weighted by Crippen LogP contribution is -2.44. The van der Waals surface area contributed by atoms with Crippen molar-refractivity contribution in [1.29, 1.82) is 0 Å². The molecular formula is C20H20N2OS. The first-order chi connectivity index (χ1) is 11.7. The Morgan fingerprint density at radius 1 is 1.00 bits per heavy atom. The van der Waals surface area contributed by atoms with Gasteiger partial charge in [0.1, 0.15) is 6.29 Å². The third-order valence-electron chi connectivity index (χ3n) is 4.78. The average Bonchev–Trinajstić information content (AvgIpc) is 3.05. The summed E-state index contributed by atoms with van der Waals surface area (Å²) in [6.45, 7) is 4.40. The zero-order chi connectivity index (χ0) is 16.5. The van der Waals surface area contributed by atoms with Gasteiger partial charge in [-0.1, -0.05) is 18.2 Å². The Balaban J connectivity index is 1.64. The van der Waals surface area contributed by atoms with E-state index in [4.69, 9.17) is 0 Å². The van der Waals surface area contributed by atoms with E-state index in [0.717, 1.165) is 43.4 Å². The van der Waals surface area contributed by atoms with Crippen molar-refractivity contribution in [3.8, 4) is 11.1 Å². The molecule has 0 unspecified atom stereocenters. The average molecular weight is 336 g/mol. The van der Waals surface area contributed by atoms with E-state index in [2.05, 4.69) is 46.5 Å². The van der Waals surface area contributed by atoms with Gasteiger partial charge in [0.25, 0.3) is 0 Å². The number of rotatable bonds is 3. The molecule has 1 fully saturated rings. The number of piperazine rings is 1. The monoisotopic (exact) mass is 336 g/mol. The van der Waals surface area contributed by atoms with E-state index in [0.29, 0.717) is 0 Å². The van der Waals surface area contributed by atoms with Crippen LogP contribution < -0.4 is 4.90 Å². The molecule has 0 atom stereocenters. The van der Waals surface area contributed by atoms with Crippen molar-refractivity contribution >= 4 is 33.4 Å². The predicted octanol–water partition coefficient (Wildman–Crippen LogP) is 4.13. The van der Waals surface area contributed by atoms with Crippen LogP contribution in [0.3, 0.4) is 0 Å². The van der Waals surface area contributed by atoms with Crippen molar-refractivity contribution in [2.24, 2.45) is 0 Å². The number of aldehydes is 1. The van der Waals surface area contributed by atoms with Gasteiger partial charge in [0.05, 0.1) is 0 Å². The molecule has 0 saturated carbocycles. The minimum absolute atomic E-state index is 0.733. The van der Waals surface area contributed by atoms with Crippen LogP contribution in [0.25, 0.3) is 21.2 Å². The van der Waals surface area contributed by atoms with Crippen LogP contribution in [0.15, 0.2) is 47.8 Å². The third-order valence-corrected chi connectivity index (χ3v) is 5.74. The molecule has 2 aromatic carbocycles. The number of hydrogen-bond acceptors (Lipinski definition) is 4. The molecule has 24 heavy (non-hydrogen) atoms. The number of fused-ring (bicyclic) bond motifs is 1. The van der Waals surface area contributed by atoms with E-state index in [9.17, 15) is 4.79 Å². The van der Waals surface area contributed by atoms with Crippen molar-refractivity contribution in [2.45, 2.75) is 0 Å². The molecule has 4 rings (SSSR count). The highest BCUT2D eigenvalue weighted by atomic mass is 32.1. The number of carbonyl (C=O) groups is 1. The quantitative estimate of drug-likeness (QED) is 0.672. The van der Waals surface area contributed by atoms with Gasteiger partial charge in [-0.15, -0.1) is 11.3 Å². The minimum atomic E-state index is 0.733. The third kappa shape index (κ3) is 2.83. The molecule has 0 aliphatic carbocycles. The van der Waals surface area contributed by atoms with Crippen LogP contribution in [0, 0.1) is 0 Å². The number of carbonyl (C=O) groups excluding carboxylic acids is 1. The van der Waals surface area contributed by atoms with Gasteiger partial charge >= 0.3 is 0 Å². The maximum Gasteiger partial charge on any atom is 0.150 e. The summed E-state index contributed by atoms with van der Waals surface area (Å²) in [5.41, 5.74) is 4.45. The summed E-state index contributed by atoms with van der Waals surface area (Å²) in [5, 5.41) is 3.35. The maximum absolute atomic E-state index is 11.1. The molecule has 0 spiro atoms. The largest absolute Gasteiger partial charge is 0.369 e. The van der Waals surface area contributed by atoms with Gasteiger partial charge in [-0.3, -0.25) is 4.79 Å². The molecule has 0 amide bonds. The molecule has 0 radical (unpaired) electrons. The van der Waals surface area contributed by atoms with Gasteiger partial charge in [-0.2, -0.15) is 0 Å². The molecule has 1 saturated heterocycles. The second-order valence-electron chi connectivity index (χ2n) is 6.36. The van der Waals surface area contributed by atoms with Gasteiger partial charge < -0.3 is 9.80 Å². The van der Waals surface area contributed by atoms with Crippen LogP contribution in [0.1, 0.15) is 10.4 Å². The Hall–Kier alpha value is -2.17. The van der Waals surface area contributed by atoms with Crippen molar-refractivity contribution in [3.63, 3.8) is 0 Å². The first kappa shape index (κ1) is 15.4. The summed E-state index contributed by atoms with van der Waals surface area (Å²) in [5.74, 6) is 0. The van der Waals surface area contributed by atoms with Crippen molar-refractivity contribution in [3.05, 3.63) is 53.4 Å². The molecular weight excluding hydrogens is 316 g/mol. The maximum atomic E-state index is 11.1. The van der Waals surface area contributed by atoms with E-state index >= 15 is 0 Å². The second-order valence-corrected chi connectivity index (χ2v) is 7.27. The molecule has 0 N–H and O–H groups in total. The lowest BCUT2D eigenvalue weighted by Gasteiger charge is -2.34. The minimum Gasteiger partial charge on any atom is -0.369 e. The van der Waals surface area contributed by atoms with Gasteiger partial charge in [0, 0.05) is 53.1 Å². The van der Waals surface area contributed by atoms with Crippen LogP contribution >= 0.6 is 11.3 Å². The summed E-state index contributed by atoms with van der Waals surface area (Å²) in [6.07, 6.45) is 0.914. The van der Waals surface area contributed by atoms with E-state index in [-0.39, 0.29) is 0 Å². The van der Waals surface area contributed by atoms with Gasteiger partial charge in [-0.05, 0) is 42.3 Å². The highest BCUT2D eigenvalue weighted by molar-refractivity contribution is 7.17. The second kappa shape index (κ2) is 6.38. The summed E-state index contributed by atoms with van der Waals surface area (Å²) in [6, 6.07) is 14.7.